The van der Waals surface area contributed by atoms with Gasteiger partial charge in [0, 0.05) is 12.6 Å². The molecular weight excluding hydrogens is 180 g/mol. The zero-order chi connectivity index (χ0) is 11.2. The van der Waals surface area contributed by atoms with Gasteiger partial charge in [-0.1, -0.05) is 0 Å². The monoisotopic (exact) mass is 200 g/mol. The van der Waals surface area contributed by atoms with E-state index in [4.69, 9.17) is 4.74 Å². The van der Waals surface area contributed by atoms with Crippen molar-refractivity contribution >= 4 is 12.8 Å². The highest BCUT2D eigenvalue weighted by molar-refractivity contribution is 5.67. The first kappa shape index (κ1) is 12.9. The van der Waals surface area contributed by atoms with Gasteiger partial charge in [-0.05, 0) is 40.8 Å². The van der Waals surface area contributed by atoms with E-state index in [0.29, 0.717) is 6.54 Å². The van der Waals surface area contributed by atoms with E-state index in [1.54, 1.807) is 0 Å². The van der Waals surface area contributed by atoms with Crippen LogP contribution in [0.3, 0.4) is 0 Å². The number of alkyl carbamates (subject to hydrolysis) is 1. The Balaban J connectivity index is 3.60. The molecule has 1 atom stereocenters. The second kappa shape index (κ2) is 5.62. The van der Waals surface area contributed by atoms with Crippen LogP contribution in [0.5, 0.6) is 0 Å². The van der Waals surface area contributed by atoms with Gasteiger partial charge in [0.1, 0.15) is 5.60 Å². The summed E-state index contributed by atoms with van der Waals surface area (Å²) in [6.45, 7) is 11.4. The fourth-order valence-corrected chi connectivity index (χ4v) is 0.789. The fourth-order valence-electron chi connectivity index (χ4n) is 0.789. The molecule has 0 aliphatic heterocycles. The molecule has 0 aromatic carbocycles. The standard InChI is InChI=1S/C10H20N2O2/c1-8(11-5)6-7-12-9(13)14-10(2,3)4/h8H,5-7H2,1-4H3,(H,12,13). The molecule has 0 radical (unpaired) electrons. The number of nitrogens with one attached hydrogen (secondary N) is 1. The highest BCUT2D eigenvalue weighted by Gasteiger charge is 2.15. The van der Waals surface area contributed by atoms with E-state index in [1.807, 2.05) is 27.7 Å². The summed E-state index contributed by atoms with van der Waals surface area (Å²) in [6, 6.07) is 0.171. The van der Waals surface area contributed by atoms with Gasteiger partial charge in [0.25, 0.3) is 0 Å². The number of ether oxygens (including phenoxy) is 1. The van der Waals surface area contributed by atoms with Crippen LogP contribution >= 0.6 is 0 Å². The first-order chi connectivity index (χ1) is 6.35. The molecule has 0 aliphatic rings. The molecule has 0 aliphatic carbocycles. The van der Waals surface area contributed by atoms with Crippen LogP contribution in [0.15, 0.2) is 4.99 Å². The highest BCUT2D eigenvalue weighted by atomic mass is 16.6. The Morgan fingerprint density at radius 2 is 2.14 bits per heavy atom. The van der Waals surface area contributed by atoms with Crippen LogP contribution in [-0.2, 0) is 4.74 Å². The highest BCUT2D eigenvalue weighted by Crippen LogP contribution is 2.06. The van der Waals surface area contributed by atoms with Crippen LogP contribution in [0.1, 0.15) is 34.1 Å². The molecule has 0 saturated heterocycles. The molecule has 0 fully saturated rings. The predicted octanol–water partition coefficient (Wildman–Crippen LogP) is 1.99. The van der Waals surface area contributed by atoms with E-state index < -0.39 is 5.60 Å². The third kappa shape index (κ3) is 7.58. The van der Waals surface area contributed by atoms with Crippen molar-refractivity contribution in [2.45, 2.75) is 45.8 Å². The maximum atomic E-state index is 11.1. The molecule has 0 saturated carbocycles. The van der Waals surface area contributed by atoms with Crippen molar-refractivity contribution in [2.75, 3.05) is 6.54 Å². The van der Waals surface area contributed by atoms with Crippen molar-refractivity contribution in [3.8, 4) is 0 Å². The van der Waals surface area contributed by atoms with Gasteiger partial charge in [0.2, 0.25) is 0 Å². The maximum Gasteiger partial charge on any atom is 0.407 e. The topological polar surface area (TPSA) is 50.7 Å². The van der Waals surface area contributed by atoms with Gasteiger partial charge >= 0.3 is 6.09 Å². The van der Waals surface area contributed by atoms with Crippen LogP contribution in [0, 0.1) is 0 Å². The van der Waals surface area contributed by atoms with Crippen molar-refractivity contribution < 1.29 is 9.53 Å². The molecule has 0 bridgehead atoms. The third-order valence-corrected chi connectivity index (χ3v) is 1.54. The number of rotatable bonds is 4. The number of carbonyl (C=O) groups is 1. The first-order valence-corrected chi connectivity index (χ1v) is 4.78. The normalized spacial score (nSPS) is 13.1. The van der Waals surface area contributed by atoms with Gasteiger partial charge in [-0.25, -0.2) is 4.79 Å². The smallest absolute Gasteiger partial charge is 0.407 e. The summed E-state index contributed by atoms with van der Waals surface area (Å²) in [4.78, 5) is 15.0. The van der Waals surface area contributed by atoms with Crippen LogP contribution in [0.25, 0.3) is 0 Å². The van der Waals surface area contributed by atoms with Crippen LogP contribution in [0.2, 0.25) is 0 Å². The van der Waals surface area contributed by atoms with Gasteiger partial charge in [-0.15, -0.1) is 0 Å². The molecule has 4 heteroatoms. The van der Waals surface area contributed by atoms with E-state index in [-0.39, 0.29) is 12.1 Å². The average molecular weight is 200 g/mol. The Bertz CT molecular complexity index is 197. The van der Waals surface area contributed by atoms with Crippen LogP contribution in [0.4, 0.5) is 4.79 Å². The number of hydrogen-bond donors (Lipinski definition) is 1. The summed E-state index contributed by atoms with van der Waals surface area (Å²) in [5, 5.41) is 2.66. The van der Waals surface area contributed by atoms with Crippen LogP contribution in [-0.4, -0.2) is 31.0 Å². The molecular formula is C10H20N2O2. The predicted molar refractivity (Wildman–Crippen MR) is 57.9 cm³/mol. The lowest BCUT2D eigenvalue weighted by Gasteiger charge is -2.19. The molecule has 0 aromatic rings. The van der Waals surface area contributed by atoms with E-state index in [2.05, 4.69) is 17.0 Å². The number of hydrogen-bond acceptors (Lipinski definition) is 3. The van der Waals surface area contributed by atoms with Gasteiger partial charge in [0.05, 0.1) is 0 Å². The van der Waals surface area contributed by atoms with E-state index in [9.17, 15) is 4.79 Å². The van der Waals surface area contributed by atoms with Gasteiger partial charge < -0.3 is 10.1 Å². The first-order valence-electron chi connectivity index (χ1n) is 4.78. The van der Waals surface area contributed by atoms with Gasteiger partial charge in [-0.2, -0.15) is 0 Å². The molecule has 0 heterocycles. The molecule has 0 spiro atoms. The van der Waals surface area contributed by atoms with E-state index in [1.165, 1.54) is 0 Å². The van der Waals surface area contributed by atoms with Crippen molar-refractivity contribution in [3.63, 3.8) is 0 Å². The fraction of sp³-hybridized carbons (Fsp3) is 0.800. The van der Waals surface area contributed by atoms with Gasteiger partial charge in [-0.3, -0.25) is 4.99 Å². The number of amides is 1. The lowest BCUT2D eigenvalue weighted by Crippen LogP contribution is -2.33. The Morgan fingerprint density at radius 1 is 1.57 bits per heavy atom. The number of nitrogens with zero attached hydrogens (tertiary/aromatic N) is 1. The van der Waals surface area contributed by atoms with Crippen LogP contribution < -0.4 is 5.32 Å². The molecule has 0 rings (SSSR count). The zero-order valence-electron chi connectivity index (χ0n) is 9.46. The minimum atomic E-state index is -0.438. The summed E-state index contributed by atoms with van der Waals surface area (Å²) in [5.41, 5.74) is -0.438. The molecule has 1 amide bonds. The second-order valence-corrected chi connectivity index (χ2v) is 4.25. The van der Waals surface area contributed by atoms with Crippen molar-refractivity contribution in [3.05, 3.63) is 0 Å². The third-order valence-electron chi connectivity index (χ3n) is 1.54. The Morgan fingerprint density at radius 3 is 2.57 bits per heavy atom. The quantitative estimate of drug-likeness (QED) is 0.705. The van der Waals surface area contributed by atoms with E-state index in [0.717, 1.165) is 6.42 Å². The molecule has 1 N–H and O–H groups in total. The lowest BCUT2D eigenvalue weighted by atomic mass is 10.2. The summed E-state index contributed by atoms with van der Waals surface area (Å²) >= 11 is 0. The maximum absolute atomic E-state index is 11.1. The summed E-state index contributed by atoms with van der Waals surface area (Å²) in [6.07, 6.45) is 0.400. The average Bonchev–Trinajstić information content (AvgIpc) is 2.00. The van der Waals surface area contributed by atoms with E-state index >= 15 is 0 Å². The Hall–Kier alpha value is -1.06. The Labute approximate surface area is 85.7 Å². The lowest BCUT2D eigenvalue weighted by molar-refractivity contribution is 0.0527. The SMILES string of the molecule is C=NC(C)CCNC(=O)OC(C)(C)C. The molecule has 82 valence electrons. The summed E-state index contributed by atoms with van der Waals surface area (Å²) in [7, 11) is 0. The zero-order valence-corrected chi connectivity index (χ0v) is 9.46. The minimum absolute atomic E-state index is 0.171. The molecule has 1 unspecified atom stereocenters. The summed E-state index contributed by atoms with van der Waals surface area (Å²) < 4.78 is 5.06. The molecule has 0 aromatic heterocycles. The second-order valence-electron chi connectivity index (χ2n) is 4.25. The molecule has 4 nitrogen and oxygen atoms in total. The Kier molecular flexibility index (Phi) is 5.20. The minimum Gasteiger partial charge on any atom is -0.444 e. The van der Waals surface area contributed by atoms with Crippen molar-refractivity contribution in [1.29, 1.82) is 0 Å². The largest absolute Gasteiger partial charge is 0.444 e. The van der Waals surface area contributed by atoms with Crippen molar-refractivity contribution in [1.82, 2.24) is 5.32 Å². The number of carbonyl (C=O) groups excluding carboxylic acids is 1. The number of aliphatic imine (C=N–C) groups is 1. The molecule has 14 heavy (non-hydrogen) atoms. The van der Waals surface area contributed by atoms with Gasteiger partial charge in [0.15, 0.2) is 0 Å². The van der Waals surface area contributed by atoms with Crippen molar-refractivity contribution in [2.24, 2.45) is 4.99 Å². The summed E-state index contributed by atoms with van der Waals surface area (Å²) in [5.74, 6) is 0.